The summed E-state index contributed by atoms with van der Waals surface area (Å²) < 4.78 is 25.8. The van der Waals surface area contributed by atoms with Crippen LogP contribution < -0.4 is 4.90 Å². The van der Waals surface area contributed by atoms with E-state index in [1.54, 1.807) is 34.5 Å². The monoisotopic (exact) mass is 447 g/mol. The number of hydrogen-bond acceptors (Lipinski definition) is 4. The van der Waals surface area contributed by atoms with Crippen LogP contribution in [-0.2, 0) is 15.6 Å². The van der Waals surface area contributed by atoms with Crippen molar-refractivity contribution < 1.29 is 13.2 Å². The first kappa shape index (κ1) is 21.3. The Kier molecular flexibility index (Phi) is 5.41. The van der Waals surface area contributed by atoms with Crippen molar-refractivity contribution in [3.8, 4) is 0 Å². The second-order valence-corrected chi connectivity index (χ2v) is 11.1. The average Bonchev–Trinajstić information content (AvgIpc) is 2.93. The molecule has 2 aliphatic heterocycles. The van der Waals surface area contributed by atoms with Gasteiger partial charge in [-0.1, -0.05) is 11.6 Å². The van der Waals surface area contributed by atoms with Crippen molar-refractivity contribution in [1.82, 2.24) is 9.29 Å². The largest absolute Gasteiger partial charge is 0.297 e. The zero-order chi connectivity index (χ0) is 21.7. The quantitative estimate of drug-likeness (QED) is 0.705. The van der Waals surface area contributed by atoms with Crippen LogP contribution in [-0.4, -0.2) is 42.5 Å². The SMILES string of the molecule is CCS(=O)(=O)N1CCC(c2cncc(N3C(=O)c4ccc(Cl)cc4C3(C)C)c2)CC1. The first-order valence-corrected chi connectivity index (χ1v) is 12.2. The number of carbonyl (C=O) groups excluding carboxylic acids is 1. The van der Waals surface area contributed by atoms with Crippen LogP contribution in [0.3, 0.4) is 0 Å². The lowest BCUT2D eigenvalue weighted by Gasteiger charge is -2.34. The summed E-state index contributed by atoms with van der Waals surface area (Å²) in [6, 6.07) is 7.40. The molecule has 1 amide bonds. The van der Waals surface area contributed by atoms with Gasteiger partial charge in [0.25, 0.3) is 5.91 Å². The summed E-state index contributed by atoms with van der Waals surface area (Å²) in [6.45, 7) is 6.72. The lowest BCUT2D eigenvalue weighted by molar-refractivity contribution is 0.0982. The second-order valence-electron chi connectivity index (χ2n) is 8.44. The van der Waals surface area contributed by atoms with Crippen molar-refractivity contribution in [1.29, 1.82) is 0 Å². The van der Waals surface area contributed by atoms with E-state index in [0.29, 0.717) is 23.7 Å². The molecule has 0 atom stereocenters. The van der Waals surface area contributed by atoms with Crippen molar-refractivity contribution in [3.05, 3.63) is 58.4 Å². The van der Waals surface area contributed by atoms with E-state index in [2.05, 4.69) is 4.98 Å². The second kappa shape index (κ2) is 7.62. The number of nitrogens with zero attached hydrogens (tertiary/aromatic N) is 3. The van der Waals surface area contributed by atoms with E-state index in [-0.39, 0.29) is 17.6 Å². The fourth-order valence-corrected chi connectivity index (χ4v) is 5.89. The lowest BCUT2D eigenvalue weighted by atomic mass is 9.90. The molecule has 6 nitrogen and oxygen atoms in total. The Bertz CT molecular complexity index is 1090. The van der Waals surface area contributed by atoms with Gasteiger partial charge in [-0.3, -0.25) is 14.7 Å². The smallest absolute Gasteiger partial charge is 0.259 e. The molecule has 2 aromatic rings. The molecule has 3 heterocycles. The molecule has 0 aliphatic carbocycles. The molecule has 0 spiro atoms. The van der Waals surface area contributed by atoms with E-state index in [1.807, 2.05) is 32.2 Å². The van der Waals surface area contributed by atoms with E-state index < -0.39 is 15.6 Å². The molecule has 160 valence electrons. The van der Waals surface area contributed by atoms with Crippen molar-refractivity contribution in [3.63, 3.8) is 0 Å². The summed E-state index contributed by atoms with van der Waals surface area (Å²) in [4.78, 5) is 19.4. The molecular formula is C22H26ClN3O3S. The summed E-state index contributed by atoms with van der Waals surface area (Å²) in [5.41, 5.74) is 2.81. The summed E-state index contributed by atoms with van der Waals surface area (Å²) in [5.74, 6) is 0.290. The van der Waals surface area contributed by atoms with Crippen LogP contribution in [0.5, 0.6) is 0 Å². The number of benzene rings is 1. The Hall–Kier alpha value is -1.96. The van der Waals surface area contributed by atoms with Crippen LogP contribution in [0.25, 0.3) is 0 Å². The Morgan fingerprint density at radius 3 is 2.53 bits per heavy atom. The molecule has 8 heteroatoms. The van der Waals surface area contributed by atoms with Crippen LogP contribution in [0.2, 0.25) is 5.02 Å². The fourth-order valence-electron chi connectivity index (χ4n) is 4.58. The summed E-state index contributed by atoms with van der Waals surface area (Å²) in [5, 5.41) is 0.608. The molecule has 0 bridgehead atoms. The number of pyridine rings is 1. The third-order valence-corrected chi connectivity index (χ3v) is 8.44. The number of carbonyl (C=O) groups is 1. The average molecular weight is 448 g/mol. The number of anilines is 1. The molecule has 1 aromatic carbocycles. The number of fused-ring (bicyclic) bond motifs is 1. The minimum absolute atomic E-state index is 0.0607. The molecule has 0 saturated carbocycles. The molecular weight excluding hydrogens is 422 g/mol. The molecule has 30 heavy (non-hydrogen) atoms. The Morgan fingerprint density at radius 1 is 1.17 bits per heavy atom. The van der Waals surface area contributed by atoms with Crippen LogP contribution in [0.1, 0.15) is 61.0 Å². The van der Waals surface area contributed by atoms with Gasteiger partial charge in [0.1, 0.15) is 0 Å². The van der Waals surface area contributed by atoms with E-state index in [1.165, 1.54) is 0 Å². The lowest BCUT2D eigenvalue weighted by Crippen LogP contribution is -2.40. The number of aromatic nitrogens is 1. The predicted octanol–water partition coefficient (Wildman–Crippen LogP) is 4.16. The number of amides is 1. The highest BCUT2D eigenvalue weighted by molar-refractivity contribution is 7.89. The molecule has 2 aliphatic rings. The molecule has 0 unspecified atom stereocenters. The summed E-state index contributed by atoms with van der Waals surface area (Å²) >= 11 is 6.18. The minimum atomic E-state index is -3.15. The van der Waals surface area contributed by atoms with Crippen molar-refractivity contribution in [2.45, 2.75) is 45.1 Å². The standard InChI is InChI=1S/C22H26ClN3O3S/c1-4-30(28,29)25-9-7-15(8-10-25)16-11-18(14-24-13-16)26-21(27)19-6-5-17(23)12-20(19)22(26,2)3/h5-6,11-15H,4,7-10H2,1-3H3. The highest BCUT2D eigenvalue weighted by Crippen LogP contribution is 2.43. The van der Waals surface area contributed by atoms with Gasteiger partial charge in [0.2, 0.25) is 10.0 Å². The normalized spacial score (nSPS) is 19.9. The van der Waals surface area contributed by atoms with Gasteiger partial charge in [-0.2, -0.15) is 0 Å². The van der Waals surface area contributed by atoms with Gasteiger partial charge in [-0.15, -0.1) is 0 Å². The summed E-state index contributed by atoms with van der Waals surface area (Å²) in [6.07, 6.45) is 5.04. The van der Waals surface area contributed by atoms with E-state index in [0.717, 1.165) is 29.7 Å². The maximum absolute atomic E-state index is 13.2. The molecule has 1 saturated heterocycles. The fraction of sp³-hybridized carbons (Fsp3) is 0.455. The highest BCUT2D eigenvalue weighted by atomic mass is 35.5. The highest BCUT2D eigenvalue weighted by Gasteiger charge is 2.44. The molecule has 1 aromatic heterocycles. The molecule has 0 radical (unpaired) electrons. The van der Waals surface area contributed by atoms with Crippen LogP contribution in [0, 0.1) is 0 Å². The molecule has 4 rings (SSSR count). The van der Waals surface area contributed by atoms with Gasteiger partial charge in [-0.25, -0.2) is 12.7 Å². The van der Waals surface area contributed by atoms with Crippen molar-refractivity contribution >= 4 is 33.2 Å². The number of sulfonamides is 1. The topological polar surface area (TPSA) is 70.6 Å². The van der Waals surface area contributed by atoms with Crippen molar-refractivity contribution in [2.24, 2.45) is 0 Å². The van der Waals surface area contributed by atoms with E-state index >= 15 is 0 Å². The van der Waals surface area contributed by atoms with Crippen LogP contribution in [0.4, 0.5) is 5.69 Å². The number of halogens is 1. The van der Waals surface area contributed by atoms with Crippen molar-refractivity contribution in [2.75, 3.05) is 23.7 Å². The molecule has 1 fully saturated rings. The Labute approximate surface area is 182 Å². The van der Waals surface area contributed by atoms with Gasteiger partial charge in [0.15, 0.2) is 0 Å². The number of rotatable bonds is 4. The third kappa shape index (κ3) is 3.53. The first-order valence-electron chi connectivity index (χ1n) is 10.2. The van der Waals surface area contributed by atoms with Gasteiger partial charge >= 0.3 is 0 Å². The summed E-state index contributed by atoms with van der Waals surface area (Å²) in [7, 11) is -3.15. The Morgan fingerprint density at radius 2 is 1.87 bits per heavy atom. The minimum Gasteiger partial charge on any atom is -0.297 e. The number of piperidine rings is 1. The van der Waals surface area contributed by atoms with Crippen LogP contribution >= 0.6 is 11.6 Å². The molecule has 0 N–H and O–H groups in total. The zero-order valence-electron chi connectivity index (χ0n) is 17.4. The maximum atomic E-state index is 13.2. The van der Waals surface area contributed by atoms with E-state index in [9.17, 15) is 13.2 Å². The first-order chi connectivity index (χ1) is 14.1. The van der Waals surface area contributed by atoms with E-state index in [4.69, 9.17) is 11.6 Å². The van der Waals surface area contributed by atoms with Gasteiger partial charge in [0, 0.05) is 29.9 Å². The van der Waals surface area contributed by atoms with Gasteiger partial charge < -0.3 is 0 Å². The number of hydrogen-bond donors (Lipinski definition) is 0. The van der Waals surface area contributed by atoms with Crippen LogP contribution in [0.15, 0.2) is 36.7 Å². The third-order valence-electron chi connectivity index (χ3n) is 6.32. The zero-order valence-corrected chi connectivity index (χ0v) is 19.0. The maximum Gasteiger partial charge on any atom is 0.259 e. The van der Waals surface area contributed by atoms with Gasteiger partial charge in [0.05, 0.1) is 23.2 Å². The van der Waals surface area contributed by atoms with Gasteiger partial charge in [-0.05, 0) is 74.9 Å². The Balaban J connectivity index is 1.60. The predicted molar refractivity (Wildman–Crippen MR) is 119 cm³/mol.